The molecule has 1 N–H and O–H groups in total. The van der Waals surface area contributed by atoms with E-state index in [-0.39, 0.29) is 5.91 Å². The number of carbonyl (C=O) groups excluding carboxylic acids is 1. The van der Waals surface area contributed by atoms with E-state index in [9.17, 15) is 4.79 Å². The van der Waals surface area contributed by atoms with Crippen molar-refractivity contribution in [1.29, 1.82) is 0 Å². The highest BCUT2D eigenvalue weighted by Gasteiger charge is 2.40. The van der Waals surface area contributed by atoms with Crippen molar-refractivity contribution in [3.8, 4) is 0 Å². The van der Waals surface area contributed by atoms with Gasteiger partial charge in [-0.05, 0) is 37.5 Å². The molecule has 27 heavy (non-hydrogen) atoms. The third-order valence-electron chi connectivity index (χ3n) is 5.21. The Morgan fingerprint density at radius 1 is 1.26 bits per heavy atom. The number of aromatic nitrogens is 1. The predicted octanol–water partition coefficient (Wildman–Crippen LogP) is 2.82. The van der Waals surface area contributed by atoms with Gasteiger partial charge in [-0.3, -0.25) is 4.79 Å². The van der Waals surface area contributed by atoms with Crippen molar-refractivity contribution in [1.82, 2.24) is 10.3 Å². The molecule has 1 aromatic heterocycles. The van der Waals surface area contributed by atoms with Crippen molar-refractivity contribution in [2.45, 2.75) is 45.4 Å². The molecule has 6 nitrogen and oxygen atoms in total. The number of nitrogens with one attached hydrogen (secondary N) is 1. The van der Waals surface area contributed by atoms with Gasteiger partial charge in [0.25, 0.3) is 5.91 Å². The summed E-state index contributed by atoms with van der Waals surface area (Å²) in [6, 6.07) is 12.5. The summed E-state index contributed by atoms with van der Waals surface area (Å²) in [5, 5.41) is 6.91. The summed E-state index contributed by atoms with van der Waals surface area (Å²) < 4.78 is 0. The van der Waals surface area contributed by atoms with Crippen molar-refractivity contribution in [2.75, 3.05) is 11.4 Å². The number of nitrogens with zero attached hydrogens (tertiary/aromatic N) is 3. The molecule has 0 saturated heterocycles. The number of rotatable bonds is 4. The van der Waals surface area contributed by atoms with Crippen molar-refractivity contribution >= 4 is 17.4 Å². The lowest BCUT2D eigenvalue weighted by Crippen LogP contribution is -2.44. The van der Waals surface area contributed by atoms with E-state index in [4.69, 9.17) is 4.84 Å². The maximum absolute atomic E-state index is 12.6. The van der Waals surface area contributed by atoms with E-state index in [0.717, 1.165) is 36.6 Å². The highest BCUT2D eigenvalue weighted by atomic mass is 16.7. The van der Waals surface area contributed by atoms with Crippen LogP contribution >= 0.6 is 0 Å². The molecule has 140 valence electrons. The van der Waals surface area contributed by atoms with E-state index in [2.05, 4.69) is 44.6 Å². The van der Waals surface area contributed by atoms with E-state index in [1.54, 1.807) is 13.1 Å². The molecule has 0 aliphatic carbocycles. The topological polar surface area (TPSA) is 66.8 Å². The average Bonchev–Trinajstić information content (AvgIpc) is 3.06. The fourth-order valence-electron chi connectivity index (χ4n) is 3.75. The van der Waals surface area contributed by atoms with Crippen LogP contribution in [0.15, 0.2) is 47.8 Å². The molecule has 6 heteroatoms. The average molecular weight is 364 g/mol. The zero-order valence-corrected chi connectivity index (χ0v) is 15.7. The Morgan fingerprint density at radius 3 is 2.85 bits per heavy atom. The summed E-state index contributed by atoms with van der Waals surface area (Å²) >= 11 is 0. The van der Waals surface area contributed by atoms with Gasteiger partial charge in [0.15, 0.2) is 0 Å². The summed E-state index contributed by atoms with van der Waals surface area (Å²) in [5.41, 5.74) is 3.66. The van der Waals surface area contributed by atoms with Gasteiger partial charge in [0.05, 0.1) is 5.71 Å². The lowest BCUT2D eigenvalue weighted by molar-refractivity contribution is -0.141. The Morgan fingerprint density at radius 2 is 2.07 bits per heavy atom. The zero-order valence-electron chi connectivity index (χ0n) is 15.7. The molecule has 1 aromatic carbocycles. The van der Waals surface area contributed by atoms with Crippen molar-refractivity contribution in [2.24, 2.45) is 5.16 Å². The van der Waals surface area contributed by atoms with Gasteiger partial charge in [-0.2, -0.15) is 0 Å². The zero-order chi connectivity index (χ0) is 18.9. The second kappa shape index (κ2) is 7.02. The summed E-state index contributed by atoms with van der Waals surface area (Å²) in [7, 11) is 0. The number of carbonyl (C=O) groups is 1. The first kappa shape index (κ1) is 17.5. The lowest BCUT2D eigenvalue weighted by Gasteiger charge is -2.31. The molecular formula is C21H24N4O2. The Labute approximate surface area is 159 Å². The fraction of sp³-hybridized carbons (Fsp3) is 0.381. The highest BCUT2D eigenvalue weighted by molar-refractivity contribution is 5.94. The number of fused-ring (bicyclic) bond motifs is 1. The van der Waals surface area contributed by atoms with Gasteiger partial charge < -0.3 is 15.1 Å². The minimum Gasteiger partial charge on any atom is -0.379 e. The number of benzene rings is 1. The van der Waals surface area contributed by atoms with Crippen LogP contribution in [-0.4, -0.2) is 28.7 Å². The monoisotopic (exact) mass is 364 g/mol. The SMILES string of the molecule is CC1=NOC(C)(C(=O)NCc2cccnc2N2CCc3ccccc3C2)C1. The first-order valence-electron chi connectivity index (χ1n) is 9.31. The molecule has 4 rings (SSSR count). The third kappa shape index (κ3) is 3.52. The molecule has 1 unspecified atom stereocenters. The Bertz CT molecular complexity index is 895. The maximum atomic E-state index is 12.6. The van der Waals surface area contributed by atoms with E-state index in [0.29, 0.717) is 13.0 Å². The van der Waals surface area contributed by atoms with Crippen LogP contribution in [0.25, 0.3) is 0 Å². The normalized spacial score (nSPS) is 21.3. The molecule has 2 aliphatic rings. The number of hydrogen-bond acceptors (Lipinski definition) is 5. The number of amides is 1. The van der Waals surface area contributed by atoms with Crippen LogP contribution in [0.4, 0.5) is 5.82 Å². The van der Waals surface area contributed by atoms with Gasteiger partial charge in [0.2, 0.25) is 5.60 Å². The van der Waals surface area contributed by atoms with Crippen LogP contribution < -0.4 is 10.2 Å². The van der Waals surface area contributed by atoms with Gasteiger partial charge in [-0.15, -0.1) is 0 Å². The second-order valence-electron chi connectivity index (χ2n) is 7.43. The Balaban J connectivity index is 1.47. The molecule has 2 aromatic rings. The minimum atomic E-state index is -0.920. The van der Waals surface area contributed by atoms with Crippen LogP contribution in [0, 0.1) is 0 Å². The second-order valence-corrected chi connectivity index (χ2v) is 7.43. The standard InChI is InChI=1S/C21H24N4O2/c1-15-12-21(2,27-24-15)20(26)23-13-17-8-5-10-22-19(17)25-11-9-16-6-3-4-7-18(16)14-25/h3-8,10H,9,11-14H2,1-2H3,(H,23,26). The first-order valence-corrected chi connectivity index (χ1v) is 9.31. The number of oxime groups is 1. The quantitative estimate of drug-likeness (QED) is 0.906. The molecule has 0 fully saturated rings. The summed E-state index contributed by atoms with van der Waals surface area (Å²) in [4.78, 5) is 24.8. The van der Waals surface area contributed by atoms with Crippen molar-refractivity contribution in [3.05, 3.63) is 59.3 Å². The molecule has 0 bridgehead atoms. The Hall–Kier alpha value is -2.89. The van der Waals surface area contributed by atoms with Crippen molar-refractivity contribution < 1.29 is 9.63 Å². The van der Waals surface area contributed by atoms with Crippen molar-refractivity contribution in [3.63, 3.8) is 0 Å². The van der Waals surface area contributed by atoms with Crippen LogP contribution in [-0.2, 0) is 29.1 Å². The van der Waals surface area contributed by atoms with Gasteiger partial charge in [-0.1, -0.05) is 35.5 Å². The molecular weight excluding hydrogens is 340 g/mol. The molecule has 3 heterocycles. The van der Waals surface area contributed by atoms with E-state index < -0.39 is 5.60 Å². The van der Waals surface area contributed by atoms with Crippen LogP contribution in [0.5, 0.6) is 0 Å². The van der Waals surface area contributed by atoms with E-state index >= 15 is 0 Å². The third-order valence-corrected chi connectivity index (χ3v) is 5.21. The largest absolute Gasteiger partial charge is 0.379 e. The molecule has 0 radical (unpaired) electrons. The first-order chi connectivity index (χ1) is 13.0. The van der Waals surface area contributed by atoms with Crippen LogP contribution in [0.2, 0.25) is 0 Å². The lowest BCUT2D eigenvalue weighted by atomic mass is 9.99. The molecule has 0 saturated carbocycles. The highest BCUT2D eigenvalue weighted by Crippen LogP contribution is 2.27. The van der Waals surface area contributed by atoms with E-state index in [1.165, 1.54) is 11.1 Å². The Kier molecular flexibility index (Phi) is 4.56. The maximum Gasteiger partial charge on any atom is 0.267 e. The molecule has 1 amide bonds. The molecule has 2 aliphatic heterocycles. The summed E-state index contributed by atoms with van der Waals surface area (Å²) in [6.45, 7) is 5.81. The number of hydrogen-bond donors (Lipinski definition) is 1. The smallest absolute Gasteiger partial charge is 0.267 e. The van der Waals surface area contributed by atoms with Crippen LogP contribution in [0.1, 0.15) is 37.0 Å². The molecule has 1 atom stereocenters. The number of anilines is 1. The van der Waals surface area contributed by atoms with E-state index in [1.807, 2.05) is 19.1 Å². The summed E-state index contributed by atoms with van der Waals surface area (Å²) in [5.74, 6) is 0.777. The fourth-order valence-corrected chi connectivity index (χ4v) is 3.75. The predicted molar refractivity (Wildman–Crippen MR) is 104 cm³/mol. The van der Waals surface area contributed by atoms with Gasteiger partial charge in [-0.25, -0.2) is 4.98 Å². The van der Waals surface area contributed by atoms with Crippen LogP contribution in [0.3, 0.4) is 0 Å². The van der Waals surface area contributed by atoms with Gasteiger partial charge in [0, 0.05) is 37.8 Å². The summed E-state index contributed by atoms with van der Waals surface area (Å²) in [6.07, 6.45) is 3.32. The number of pyridine rings is 1. The minimum absolute atomic E-state index is 0.151. The molecule has 0 spiro atoms. The van der Waals surface area contributed by atoms with Gasteiger partial charge in [0.1, 0.15) is 5.82 Å². The van der Waals surface area contributed by atoms with Gasteiger partial charge >= 0.3 is 0 Å².